The van der Waals surface area contributed by atoms with Crippen LogP contribution < -0.4 is 10.8 Å². The number of rotatable bonds is 4. The summed E-state index contributed by atoms with van der Waals surface area (Å²) in [5, 5.41) is 2.94. The van der Waals surface area contributed by atoms with E-state index in [1.165, 1.54) is 6.07 Å². The highest BCUT2D eigenvalue weighted by atomic mass is 19.1. The second-order valence-electron chi connectivity index (χ2n) is 10.7. The van der Waals surface area contributed by atoms with Crippen LogP contribution in [0.5, 0.6) is 0 Å². The first-order chi connectivity index (χ1) is 14.3. The minimum absolute atomic E-state index is 0.00399. The molecule has 2 heterocycles. The predicted molar refractivity (Wildman–Crippen MR) is 120 cm³/mol. The van der Waals surface area contributed by atoms with Crippen LogP contribution in [-0.4, -0.2) is 54.0 Å². The fourth-order valence-corrected chi connectivity index (χ4v) is 3.85. The molecule has 2 fully saturated rings. The van der Waals surface area contributed by atoms with Crippen LogP contribution >= 0.6 is 0 Å². The zero-order valence-electron chi connectivity index (χ0n) is 19.9. The van der Waals surface area contributed by atoms with E-state index in [4.69, 9.17) is 14.0 Å². The number of benzene rings is 1. The number of carbonyl (C=O) groups excluding carboxylic acids is 1. The van der Waals surface area contributed by atoms with Gasteiger partial charge in [-0.1, -0.05) is 12.1 Å². The summed E-state index contributed by atoms with van der Waals surface area (Å²) >= 11 is 0. The van der Waals surface area contributed by atoms with Crippen molar-refractivity contribution < 1.29 is 23.2 Å². The number of ether oxygens (including phenoxy) is 1. The predicted octanol–water partition coefficient (Wildman–Crippen LogP) is 3.61. The zero-order chi connectivity index (χ0) is 23.0. The van der Waals surface area contributed by atoms with E-state index < -0.39 is 30.0 Å². The molecule has 3 rings (SSSR count). The SMILES string of the molecule is CC(C)(C)OC(=O)N[C@H]1CCCN(Cc2ccc(B3OC(C)(C)C(C)(C)O3)cc2F)C1. The normalized spacial score (nSPS) is 23.6. The molecule has 1 atom stereocenters. The van der Waals surface area contributed by atoms with Crippen LogP contribution in [0.15, 0.2) is 18.2 Å². The van der Waals surface area contributed by atoms with Gasteiger partial charge in [0.2, 0.25) is 0 Å². The molecule has 0 spiro atoms. The van der Waals surface area contributed by atoms with Crippen molar-refractivity contribution in [2.45, 2.75) is 90.7 Å². The van der Waals surface area contributed by atoms with Crippen molar-refractivity contribution in [3.63, 3.8) is 0 Å². The third kappa shape index (κ3) is 5.99. The first-order valence-electron chi connectivity index (χ1n) is 11.1. The molecule has 2 saturated heterocycles. The minimum Gasteiger partial charge on any atom is -0.444 e. The van der Waals surface area contributed by atoms with E-state index in [2.05, 4.69) is 10.2 Å². The molecule has 0 saturated carbocycles. The molecule has 0 radical (unpaired) electrons. The second kappa shape index (κ2) is 8.72. The molecule has 0 aliphatic carbocycles. The maximum Gasteiger partial charge on any atom is 0.494 e. The van der Waals surface area contributed by atoms with Gasteiger partial charge in [-0.25, -0.2) is 9.18 Å². The Bertz CT molecular complexity index is 793. The zero-order valence-corrected chi connectivity index (χ0v) is 19.9. The van der Waals surface area contributed by atoms with Gasteiger partial charge in [0.05, 0.1) is 11.2 Å². The smallest absolute Gasteiger partial charge is 0.444 e. The first kappa shape index (κ1) is 24.0. The van der Waals surface area contributed by atoms with Crippen molar-refractivity contribution in [1.29, 1.82) is 0 Å². The van der Waals surface area contributed by atoms with E-state index in [1.807, 2.05) is 54.5 Å². The van der Waals surface area contributed by atoms with Crippen molar-refractivity contribution in [3.8, 4) is 0 Å². The summed E-state index contributed by atoms with van der Waals surface area (Å²) < 4.78 is 32.3. The second-order valence-corrected chi connectivity index (χ2v) is 10.7. The quantitative estimate of drug-likeness (QED) is 0.734. The van der Waals surface area contributed by atoms with E-state index >= 15 is 0 Å². The molecule has 172 valence electrons. The van der Waals surface area contributed by atoms with Gasteiger partial charge in [0, 0.05) is 24.7 Å². The number of nitrogens with one attached hydrogen (secondary N) is 1. The van der Waals surface area contributed by atoms with Crippen molar-refractivity contribution in [2.75, 3.05) is 13.1 Å². The van der Waals surface area contributed by atoms with Gasteiger partial charge in [-0.05, 0) is 79.4 Å². The fraction of sp³-hybridized carbons (Fsp3) is 0.696. The van der Waals surface area contributed by atoms with E-state index in [0.717, 1.165) is 19.4 Å². The maximum absolute atomic E-state index is 14.9. The molecule has 0 bridgehead atoms. The molecule has 1 aromatic rings. The maximum atomic E-state index is 14.9. The number of hydrogen-bond acceptors (Lipinski definition) is 5. The van der Waals surface area contributed by atoms with Gasteiger partial charge >= 0.3 is 13.2 Å². The number of amides is 1. The number of hydrogen-bond donors (Lipinski definition) is 1. The number of likely N-dealkylation sites (tertiary alicyclic amines) is 1. The van der Waals surface area contributed by atoms with Gasteiger partial charge in [0.25, 0.3) is 0 Å². The Kier molecular flexibility index (Phi) is 6.75. The van der Waals surface area contributed by atoms with Gasteiger partial charge in [-0.2, -0.15) is 0 Å². The fourth-order valence-electron chi connectivity index (χ4n) is 3.85. The molecule has 31 heavy (non-hydrogen) atoms. The monoisotopic (exact) mass is 434 g/mol. The van der Waals surface area contributed by atoms with Gasteiger partial charge in [0.15, 0.2) is 0 Å². The Labute approximate surface area is 185 Å². The summed E-state index contributed by atoms with van der Waals surface area (Å²) in [6.07, 6.45) is 1.42. The first-order valence-corrected chi connectivity index (χ1v) is 11.1. The Morgan fingerprint density at radius 2 is 1.90 bits per heavy atom. The van der Waals surface area contributed by atoms with Crippen LogP contribution in [0.25, 0.3) is 0 Å². The van der Waals surface area contributed by atoms with Crippen LogP contribution in [0.1, 0.15) is 66.9 Å². The Morgan fingerprint density at radius 3 is 2.48 bits per heavy atom. The van der Waals surface area contributed by atoms with Crippen LogP contribution in [0.2, 0.25) is 0 Å². The van der Waals surface area contributed by atoms with Crippen LogP contribution in [0.3, 0.4) is 0 Å². The summed E-state index contributed by atoms with van der Waals surface area (Å²) in [5.41, 5.74) is -0.144. The standard InChI is InChI=1S/C23H36BFN2O4/c1-21(2,3)29-20(28)26-18-9-8-12-27(15-18)14-16-10-11-17(13-19(16)25)24-30-22(4,5)23(6,7)31-24/h10-11,13,18H,8-9,12,14-15H2,1-7H3,(H,26,28)/t18-/m0/s1. The highest BCUT2D eigenvalue weighted by Crippen LogP contribution is 2.36. The molecule has 6 nitrogen and oxygen atoms in total. The van der Waals surface area contributed by atoms with Gasteiger partial charge in [-0.3, -0.25) is 4.90 Å². The molecule has 2 aliphatic heterocycles. The van der Waals surface area contributed by atoms with Gasteiger partial charge < -0.3 is 19.4 Å². The lowest BCUT2D eigenvalue weighted by Gasteiger charge is -2.33. The number of alkyl carbamates (subject to hydrolysis) is 1. The molecular formula is C23H36BFN2O4. The largest absolute Gasteiger partial charge is 0.494 e. The summed E-state index contributed by atoms with van der Waals surface area (Å²) in [4.78, 5) is 14.2. The van der Waals surface area contributed by atoms with E-state index in [-0.39, 0.29) is 11.9 Å². The molecule has 1 amide bonds. The third-order valence-electron chi connectivity index (χ3n) is 6.22. The summed E-state index contributed by atoms with van der Waals surface area (Å²) in [6, 6.07) is 5.19. The number of piperidine rings is 1. The Morgan fingerprint density at radius 1 is 1.26 bits per heavy atom. The van der Waals surface area contributed by atoms with Gasteiger partial charge in [0.1, 0.15) is 11.4 Å². The van der Waals surface area contributed by atoms with E-state index in [0.29, 0.717) is 24.1 Å². The molecule has 1 N–H and O–H groups in total. The number of nitrogens with zero attached hydrogens (tertiary/aromatic N) is 1. The lowest BCUT2D eigenvalue weighted by Crippen LogP contribution is -2.48. The summed E-state index contributed by atoms with van der Waals surface area (Å²) in [6.45, 7) is 15.5. The van der Waals surface area contributed by atoms with Crippen molar-refractivity contribution >= 4 is 18.7 Å². The molecule has 0 aromatic heterocycles. The van der Waals surface area contributed by atoms with Crippen molar-refractivity contribution in [2.24, 2.45) is 0 Å². The van der Waals surface area contributed by atoms with Crippen LogP contribution in [0, 0.1) is 5.82 Å². The van der Waals surface area contributed by atoms with Crippen LogP contribution in [0.4, 0.5) is 9.18 Å². The minimum atomic E-state index is -0.578. The Balaban J connectivity index is 1.60. The lowest BCUT2D eigenvalue weighted by atomic mass is 9.78. The van der Waals surface area contributed by atoms with Crippen LogP contribution in [-0.2, 0) is 20.6 Å². The molecule has 0 unspecified atom stereocenters. The van der Waals surface area contributed by atoms with E-state index in [9.17, 15) is 9.18 Å². The molecule has 8 heteroatoms. The van der Waals surface area contributed by atoms with E-state index in [1.54, 1.807) is 6.07 Å². The van der Waals surface area contributed by atoms with Crippen molar-refractivity contribution in [3.05, 3.63) is 29.6 Å². The number of halogens is 1. The molecule has 2 aliphatic rings. The highest BCUT2D eigenvalue weighted by Gasteiger charge is 2.51. The Hall–Kier alpha value is -1.64. The number of carbonyl (C=O) groups is 1. The highest BCUT2D eigenvalue weighted by molar-refractivity contribution is 6.62. The lowest BCUT2D eigenvalue weighted by molar-refractivity contribution is 0.00578. The van der Waals surface area contributed by atoms with Gasteiger partial charge in [-0.15, -0.1) is 0 Å². The van der Waals surface area contributed by atoms with Crippen molar-refractivity contribution in [1.82, 2.24) is 10.2 Å². The average molecular weight is 434 g/mol. The topological polar surface area (TPSA) is 60.0 Å². The average Bonchev–Trinajstić information content (AvgIpc) is 2.83. The molecule has 1 aromatic carbocycles. The third-order valence-corrected chi connectivity index (χ3v) is 6.22. The molecular weight excluding hydrogens is 398 g/mol. The summed E-state index contributed by atoms with van der Waals surface area (Å²) in [7, 11) is -0.578. The summed E-state index contributed by atoms with van der Waals surface area (Å²) in [5.74, 6) is -0.269.